The molecule has 0 aliphatic rings. The van der Waals surface area contributed by atoms with Crippen molar-refractivity contribution in [2.75, 3.05) is 11.9 Å². The molecule has 0 radical (unpaired) electrons. The van der Waals surface area contributed by atoms with Gasteiger partial charge in [0.05, 0.1) is 15.6 Å². The number of carbonyl (C=O) groups excluding carboxylic acids is 1. The molecule has 3 nitrogen and oxygen atoms in total. The van der Waals surface area contributed by atoms with E-state index in [0.717, 1.165) is 5.56 Å². The molecule has 0 bridgehead atoms. The van der Waals surface area contributed by atoms with Crippen LogP contribution in [0.5, 0.6) is 5.75 Å². The molecule has 0 aliphatic carbocycles. The molecule has 0 fully saturated rings. The Hall–Kier alpha value is -1.79. The first kappa shape index (κ1) is 17.6. The van der Waals surface area contributed by atoms with E-state index in [1.165, 1.54) is 12.1 Å². The number of halogens is 3. The number of thioether (sulfide) groups is 1. The van der Waals surface area contributed by atoms with E-state index < -0.39 is 11.7 Å². The molecule has 23 heavy (non-hydrogen) atoms. The fraction of sp³-hybridized carbons (Fsp3) is 0.188. The lowest BCUT2D eigenvalue weighted by atomic mass is 10.2. The zero-order valence-corrected chi connectivity index (χ0v) is 13.8. The highest BCUT2D eigenvalue weighted by Gasteiger charge is 2.15. The Labute approximate surface area is 142 Å². The molecule has 0 atom stereocenters. The number of anilines is 1. The summed E-state index contributed by atoms with van der Waals surface area (Å²) in [7, 11) is 0. The van der Waals surface area contributed by atoms with Gasteiger partial charge in [0.2, 0.25) is 0 Å². The second-order valence-electron chi connectivity index (χ2n) is 4.64. The first-order valence-corrected chi connectivity index (χ1v) is 7.94. The summed E-state index contributed by atoms with van der Waals surface area (Å²) in [5.41, 5.74) is 1.31. The summed E-state index contributed by atoms with van der Waals surface area (Å²) in [4.78, 5) is 12.1. The molecule has 2 aromatic rings. The summed E-state index contributed by atoms with van der Waals surface area (Å²) in [6.45, 7) is 1.71. The standard InChI is InChI=1S/C16H14ClF2NO2S/c1-10-5-7-11(8-6-10)22-9-14(21)20-13-4-2-3-12(17)15(13)23-16(18)19/h2-8,16H,9H2,1H3,(H,20,21). The van der Waals surface area contributed by atoms with Crippen LogP contribution in [-0.4, -0.2) is 18.3 Å². The first-order valence-electron chi connectivity index (χ1n) is 6.68. The van der Waals surface area contributed by atoms with Crippen molar-refractivity contribution in [2.24, 2.45) is 0 Å². The molecule has 0 aromatic heterocycles. The summed E-state index contributed by atoms with van der Waals surface area (Å²) < 4.78 is 30.5. The monoisotopic (exact) mass is 357 g/mol. The molecular weight excluding hydrogens is 344 g/mol. The Morgan fingerprint density at radius 3 is 2.61 bits per heavy atom. The summed E-state index contributed by atoms with van der Waals surface area (Å²) in [5.74, 6) is -2.53. The third-order valence-electron chi connectivity index (χ3n) is 2.84. The number of amides is 1. The Bertz CT molecular complexity index is 680. The quantitative estimate of drug-likeness (QED) is 0.741. The van der Waals surface area contributed by atoms with Gasteiger partial charge in [0.15, 0.2) is 6.61 Å². The number of ether oxygens (including phenoxy) is 1. The van der Waals surface area contributed by atoms with Crippen molar-refractivity contribution >= 4 is 35.0 Å². The number of rotatable bonds is 6. The molecule has 1 N–H and O–H groups in total. The zero-order chi connectivity index (χ0) is 16.8. The van der Waals surface area contributed by atoms with E-state index in [1.54, 1.807) is 18.2 Å². The van der Waals surface area contributed by atoms with Gasteiger partial charge in [0.1, 0.15) is 5.75 Å². The van der Waals surface area contributed by atoms with E-state index in [0.29, 0.717) is 5.75 Å². The van der Waals surface area contributed by atoms with Crippen molar-refractivity contribution < 1.29 is 18.3 Å². The maximum Gasteiger partial charge on any atom is 0.289 e. The smallest absolute Gasteiger partial charge is 0.289 e. The summed E-state index contributed by atoms with van der Waals surface area (Å²) in [6.07, 6.45) is 0. The van der Waals surface area contributed by atoms with Gasteiger partial charge in [-0.1, -0.05) is 47.1 Å². The van der Waals surface area contributed by atoms with Crippen molar-refractivity contribution in [3.63, 3.8) is 0 Å². The highest BCUT2D eigenvalue weighted by Crippen LogP contribution is 2.37. The molecule has 0 spiro atoms. The predicted molar refractivity (Wildman–Crippen MR) is 88.6 cm³/mol. The normalized spacial score (nSPS) is 10.7. The molecule has 0 saturated carbocycles. The number of nitrogens with one attached hydrogen (secondary N) is 1. The third-order valence-corrected chi connectivity index (χ3v) is 4.12. The number of benzene rings is 2. The largest absolute Gasteiger partial charge is 0.484 e. The lowest BCUT2D eigenvalue weighted by Gasteiger charge is -2.12. The van der Waals surface area contributed by atoms with Crippen LogP contribution in [0.4, 0.5) is 14.5 Å². The van der Waals surface area contributed by atoms with Crippen molar-refractivity contribution in [1.29, 1.82) is 0 Å². The van der Waals surface area contributed by atoms with Gasteiger partial charge in [-0.2, -0.15) is 8.78 Å². The first-order chi connectivity index (χ1) is 11.0. The molecule has 0 unspecified atom stereocenters. The Morgan fingerprint density at radius 2 is 1.96 bits per heavy atom. The van der Waals surface area contributed by atoms with Gasteiger partial charge in [-0.3, -0.25) is 4.79 Å². The van der Waals surface area contributed by atoms with E-state index in [9.17, 15) is 13.6 Å². The SMILES string of the molecule is Cc1ccc(OCC(=O)Nc2cccc(Cl)c2SC(F)F)cc1. The maximum atomic E-state index is 12.6. The summed E-state index contributed by atoms with van der Waals surface area (Å²) in [5, 5.41) is 2.70. The summed E-state index contributed by atoms with van der Waals surface area (Å²) >= 11 is 6.20. The van der Waals surface area contributed by atoms with Crippen molar-refractivity contribution in [3.05, 3.63) is 53.1 Å². The van der Waals surface area contributed by atoms with Crippen LogP contribution in [-0.2, 0) is 4.79 Å². The highest BCUT2D eigenvalue weighted by molar-refractivity contribution is 7.99. The minimum atomic E-state index is -2.63. The molecule has 2 aromatic carbocycles. The average molecular weight is 358 g/mol. The van der Waals surface area contributed by atoms with E-state index >= 15 is 0 Å². The molecule has 122 valence electrons. The van der Waals surface area contributed by atoms with Crippen LogP contribution in [0, 0.1) is 6.92 Å². The van der Waals surface area contributed by atoms with Crippen LogP contribution >= 0.6 is 23.4 Å². The topological polar surface area (TPSA) is 38.3 Å². The minimum absolute atomic E-state index is 0.132. The lowest BCUT2D eigenvalue weighted by Crippen LogP contribution is -2.20. The average Bonchev–Trinajstić information content (AvgIpc) is 2.50. The second kappa shape index (κ2) is 8.17. The Balaban J connectivity index is 2.00. The highest BCUT2D eigenvalue weighted by atomic mass is 35.5. The van der Waals surface area contributed by atoms with Gasteiger partial charge in [0, 0.05) is 0 Å². The molecule has 2 rings (SSSR count). The maximum absolute atomic E-state index is 12.6. The molecular formula is C16H14ClF2NO2S. The minimum Gasteiger partial charge on any atom is -0.484 e. The molecule has 0 aliphatic heterocycles. The van der Waals surface area contributed by atoms with Gasteiger partial charge in [-0.15, -0.1) is 0 Å². The van der Waals surface area contributed by atoms with Crippen LogP contribution in [0.2, 0.25) is 5.02 Å². The van der Waals surface area contributed by atoms with Crippen LogP contribution in [0.15, 0.2) is 47.4 Å². The van der Waals surface area contributed by atoms with Crippen molar-refractivity contribution in [1.82, 2.24) is 0 Å². The predicted octanol–water partition coefficient (Wildman–Crippen LogP) is 4.98. The van der Waals surface area contributed by atoms with Crippen molar-refractivity contribution in [2.45, 2.75) is 17.6 Å². The molecule has 1 amide bonds. The molecule has 0 heterocycles. The van der Waals surface area contributed by atoms with Gasteiger partial charge in [-0.25, -0.2) is 0 Å². The number of carbonyl (C=O) groups is 1. The van der Waals surface area contributed by atoms with Gasteiger partial charge in [0.25, 0.3) is 11.7 Å². The zero-order valence-electron chi connectivity index (χ0n) is 12.2. The lowest BCUT2D eigenvalue weighted by molar-refractivity contribution is -0.118. The molecule has 0 saturated heterocycles. The van der Waals surface area contributed by atoms with Crippen LogP contribution < -0.4 is 10.1 Å². The Kier molecular flexibility index (Phi) is 6.24. The number of alkyl halides is 2. The summed E-state index contributed by atoms with van der Waals surface area (Å²) in [6, 6.07) is 11.8. The number of hydrogen-bond donors (Lipinski definition) is 1. The second-order valence-corrected chi connectivity index (χ2v) is 6.05. The van der Waals surface area contributed by atoms with Gasteiger partial charge >= 0.3 is 0 Å². The third kappa shape index (κ3) is 5.41. The van der Waals surface area contributed by atoms with E-state index in [-0.39, 0.29) is 34.0 Å². The Morgan fingerprint density at radius 1 is 1.26 bits per heavy atom. The number of aryl methyl sites for hydroxylation is 1. The number of hydrogen-bond acceptors (Lipinski definition) is 3. The van der Waals surface area contributed by atoms with E-state index in [2.05, 4.69) is 5.32 Å². The van der Waals surface area contributed by atoms with Gasteiger partial charge in [-0.05, 0) is 31.2 Å². The van der Waals surface area contributed by atoms with Crippen molar-refractivity contribution in [3.8, 4) is 5.75 Å². The van der Waals surface area contributed by atoms with E-state index in [4.69, 9.17) is 16.3 Å². The van der Waals surface area contributed by atoms with E-state index in [1.807, 2.05) is 19.1 Å². The fourth-order valence-electron chi connectivity index (χ4n) is 1.79. The van der Waals surface area contributed by atoms with Crippen LogP contribution in [0.1, 0.15) is 5.56 Å². The van der Waals surface area contributed by atoms with Crippen LogP contribution in [0.25, 0.3) is 0 Å². The molecule has 7 heteroatoms. The fourth-order valence-corrected chi connectivity index (χ4v) is 2.70. The van der Waals surface area contributed by atoms with Crippen LogP contribution in [0.3, 0.4) is 0 Å². The van der Waals surface area contributed by atoms with Gasteiger partial charge < -0.3 is 10.1 Å².